The average molecular weight is 382 g/mol. The molecule has 0 aromatic rings. The summed E-state index contributed by atoms with van der Waals surface area (Å²) in [6.07, 6.45) is 3.82. The minimum Gasteiger partial charge on any atom is -0.377 e. The van der Waals surface area contributed by atoms with Gasteiger partial charge in [0.25, 0.3) is 0 Å². The number of carbonyl (C=O) groups excluding carboxylic acids is 1. The lowest BCUT2D eigenvalue weighted by molar-refractivity contribution is -0.135. The average Bonchev–Trinajstić information content (AvgIpc) is 3.21. The summed E-state index contributed by atoms with van der Waals surface area (Å²) in [5.41, 5.74) is 0.366. The number of nitrogens with one attached hydrogen (secondary N) is 1. The summed E-state index contributed by atoms with van der Waals surface area (Å²) in [5.74, 6) is 0.755. The highest BCUT2D eigenvalue weighted by molar-refractivity contribution is 5.85. The van der Waals surface area contributed by atoms with Gasteiger partial charge in [0.1, 0.15) is 0 Å². The van der Waals surface area contributed by atoms with E-state index in [2.05, 4.69) is 29.0 Å². The first-order valence-corrected chi connectivity index (χ1v) is 8.94. The zero-order chi connectivity index (χ0) is 15.6. The van der Waals surface area contributed by atoms with Crippen LogP contribution in [0.25, 0.3) is 0 Å². The molecule has 5 nitrogen and oxygen atoms in total. The smallest absolute Gasteiger partial charge is 0.226 e. The fourth-order valence-corrected chi connectivity index (χ4v) is 4.00. The van der Waals surface area contributed by atoms with Gasteiger partial charge in [0, 0.05) is 38.6 Å². The summed E-state index contributed by atoms with van der Waals surface area (Å²) in [5, 5.41) is 3.41. The van der Waals surface area contributed by atoms with Crippen LogP contribution in [0.2, 0.25) is 0 Å². The highest BCUT2D eigenvalue weighted by atomic mass is 35.5. The maximum atomic E-state index is 12.7. The van der Waals surface area contributed by atoms with Crippen molar-refractivity contribution in [3.05, 3.63) is 0 Å². The maximum Gasteiger partial charge on any atom is 0.226 e. The third-order valence-electron chi connectivity index (χ3n) is 5.63. The molecule has 3 fully saturated rings. The van der Waals surface area contributed by atoms with E-state index in [1.54, 1.807) is 0 Å². The number of carbonyl (C=O) groups is 1. The predicted octanol–water partition coefficient (Wildman–Crippen LogP) is 1.79. The number of hydrogen-bond acceptors (Lipinski definition) is 4. The van der Waals surface area contributed by atoms with Crippen molar-refractivity contribution < 1.29 is 9.53 Å². The minimum atomic E-state index is 0. The second-order valence-electron chi connectivity index (χ2n) is 7.46. The Balaban J connectivity index is 0.00000144. The van der Waals surface area contributed by atoms with Gasteiger partial charge < -0.3 is 15.0 Å². The third kappa shape index (κ3) is 5.21. The summed E-state index contributed by atoms with van der Waals surface area (Å²) >= 11 is 0. The van der Waals surface area contributed by atoms with Gasteiger partial charge in [-0.25, -0.2) is 0 Å². The molecule has 2 aliphatic heterocycles. The van der Waals surface area contributed by atoms with E-state index in [0.29, 0.717) is 23.3 Å². The van der Waals surface area contributed by atoms with Crippen molar-refractivity contribution in [1.82, 2.24) is 15.1 Å². The molecular formula is C17H33Cl2N3O2. The number of hydrogen-bond donors (Lipinski definition) is 1. The van der Waals surface area contributed by atoms with Gasteiger partial charge in [-0.05, 0) is 51.6 Å². The van der Waals surface area contributed by atoms with E-state index in [4.69, 9.17) is 4.74 Å². The lowest BCUT2D eigenvalue weighted by atomic mass is 9.91. The van der Waals surface area contributed by atoms with Crippen LogP contribution >= 0.6 is 24.8 Å². The highest BCUT2D eigenvalue weighted by Gasteiger charge is 2.58. The van der Waals surface area contributed by atoms with Crippen LogP contribution in [0.1, 0.15) is 33.1 Å². The van der Waals surface area contributed by atoms with Gasteiger partial charge in [-0.2, -0.15) is 0 Å². The van der Waals surface area contributed by atoms with E-state index in [0.717, 1.165) is 58.8 Å². The Bertz CT molecular complexity index is 395. The first kappa shape index (κ1) is 22.0. The zero-order valence-corrected chi connectivity index (χ0v) is 16.6. The standard InChI is InChI=1S/C17H31N3O2.2ClH/c1-14(2)22-12-11-19-7-9-20(10-8-19)16(21)15-13-17(15)3-5-18-6-4-17;;/h14-15,18H,3-13H2,1-2H3;2*1H. The molecule has 24 heavy (non-hydrogen) atoms. The largest absolute Gasteiger partial charge is 0.377 e. The molecule has 7 heteroatoms. The fourth-order valence-electron chi connectivity index (χ4n) is 4.00. The van der Waals surface area contributed by atoms with E-state index >= 15 is 0 Å². The minimum absolute atomic E-state index is 0. The molecule has 142 valence electrons. The van der Waals surface area contributed by atoms with Crippen molar-refractivity contribution >= 4 is 30.7 Å². The van der Waals surface area contributed by atoms with Gasteiger partial charge in [0.2, 0.25) is 5.91 Å². The zero-order valence-electron chi connectivity index (χ0n) is 15.0. The second kappa shape index (κ2) is 9.58. The topological polar surface area (TPSA) is 44.8 Å². The first-order chi connectivity index (χ1) is 10.6. The van der Waals surface area contributed by atoms with Crippen molar-refractivity contribution in [2.45, 2.75) is 39.2 Å². The Hall–Kier alpha value is -0.0700. The van der Waals surface area contributed by atoms with Crippen LogP contribution < -0.4 is 5.32 Å². The number of ether oxygens (including phenoxy) is 1. The lowest BCUT2D eigenvalue weighted by Gasteiger charge is -2.35. The first-order valence-electron chi connectivity index (χ1n) is 8.94. The quantitative estimate of drug-likeness (QED) is 0.788. The van der Waals surface area contributed by atoms with Gasteiger partial charge >= 0.3 is 0 Å². The van der Waals surface area contributed by atoms with Crippen molar-refractivity contribution in [3.8, 4) is 0 Å². The second-order valence-corrected chi connectivity index (χ2v) is 7.46. The molecular weight excluding hydrogens is 349 g/mol. The number of nitrogens with zero attached hydrogens (tertiary/aromatic N) is 2. The molecule has 0 bridgehead atoms. The molecule has 1 saturated carbocycles. The summed E-state index contributed by atoms with van der Waals surface area (Å²) < 4.78 is 5.61. The van der Waals surface area contributed by atoms with Gasteiger partial charge in [-0.15, -0.1) is 24.8 Å². The monoisotopic (exact) mass is 381 g/mol. The van der Waals surface area contributed by atoms with Crippen molar-refractivity contribution in [3.63, 3.8) is 0 Å². The van der Waals surface area contributed by atoms with E-state index in [1.807, 2.05) is 0 Å². The van der Waals surface area contributed by atoms with Crippen molar-refractivity contribution in [2.24, 2.45) is 11.3 Å². The van der Waals surface area contributed by atoms with Gasteiger partial charge in [-0.1, -0.05) is 0 Å². The Kier molecular flexibility index (Phi) is 8.77. The maximum absolute atomic E-state index is 12.7. The molecule has 1 atom stereocenters. The van der Waals surface area contributed by atoms with Crippen LogP contribution in [0, 0.1) is 11.3 Å². The Labute approximate surface area is 158 Å². The molecule has 3 aliphatic rings. The molecule has 1 amide bonds. The molecule has 2 heterocycles. The van der Waals surface area contributed by atoms with Crippen LogP contribution in [0.4, 0.5) is 0 Å². The van der Waals surface area contributed by atoms with Crippen LogP contribution in [0.3, 0.4) is 0 Å². The third-order valence-corrected chi connectivity index (χ3v) is 5.63. The fraction of sp³-hybridized carbons (Fsp3) is 0.941. The van der Waals surface area contributed by atoms with Gasteiger partial charge in [-0.3, -0.25) is 9.69 Å². The molecule has 2 saturated heterocycles. The Morgan fingerprint density at radius 1 is 1.17 bits per heavy atom. The van der Waals surface area contributed by atoms with E-state index < -0.39 is 0 Å². The summed E-state index contributed by atoms with van der Waals surface area (Å²) in [6.45, 7) is 11.9. The Morgan fingerprint density at radius 2 is 1.79 bits per heavy atom. The number of amides is 1. The lowest BCUT2D eigenvalue weighted by Crippen LogP contribution is -2.50. The van der Waals surface area contributed by atoms with Crippen molar-refractivity contribution in [1.29, 1.82) is 0 Å². The van der Waals surface area contributed by atoms with Gasteiger partial charge in [0.05, 0.1) is 12.7 Å². The molecule has 0 radical (unpaired) electrons. The van der Waals surface area contributed by atoms with Crippen molar-refractivity contribution in [2.75, 3.05) is 52.4 Å². The Morgan fingerprint density at radius 3 is 2.38 bits per heavy atom. The number of rotatable bonds is 5. The van der Waals surface area contributed by atoms with E-state index in [-0.39, 0.29) is 24.8 Å². The normalized spacial score (nSPS) is 26.0. The van der Waals surface area contributed by atoms with Crippen LogP contribution in [0.15, 0.2) is 0 Å². The molecule has 1 N–H and O–H groups in total. The summed E-state index contributed by atoms with van der Waals surface area (Å²) in [6, 6.07) is 0. The molecule has 0 aromatic heterocycles. The van der Waals surface area contributed by atoms with E-state index in [9.17, 15) is 4.79 Å². The number of piperazine rings is 1. The predicted molar refractivity (Wildman–Crippen MR) is 101 cm³/mol. The van der Waals surface area contributed by atoms with Crippen LogP contribution in [0.5, 0.6) is 0 Å². The summed E-state index contributed by atoms with van der Waals surface area (Å²) in [4.78, 5) is 17.2. The molecule has 3 rings (SSSR count). The van der Waals surface area contributed by atoms with Crippen LogP contribution in [-0.4, -0.2) is 74.2 Å². The van der Waals surface area contributed by atoms with Gasteiger partial charge in [0.15, 0.2) is 0 Å². The number of halogens is 2. The molecule has 1 unspecified atom stereocenters. The molecule has 0 aromatic carbocycles. The molecule has 1 aliphatic carbocycles. The van der Waals surface area contributed by atoms with E-state index in [1.165, 1.54) is 12.8 Å². The summed E-state index contributed by atoms with van der Waals surface area (Å²) in [7, 11) is 0. The highest BCUT2D eigenvalue weighted by Crippen LogP contribution is 2.59. The molecule has 1 spiro atoms. The number of piperidine rings is 1. The SMILES string of the molecule is CC(C)OCCN1CCN(C(=O)C2CC23CCNCC3)CC1.Cl.Cl. The van der Waals surface area contributed by atoms with Crippen LogP contribution in [-0.2, 0) is 9.53 Å².